The molecular weight excluding hydrogens is 316 g/mol. The molecule has 1 saturated heterocycles. The van der Waals surface area contributed by atoms with Crippen molar-refractivity contribution in [3.63, 3.8) is 0 Å². The fourth-order valence-corrected chi connectivity index (χ4v) is 4.31. The normalized spacial score (nSPS) is 25.2. The first-order valence-corrected chi connectivity index (χ1v) is 9.01. The average Bonchev–Trinajstić information content (AvgIpc) is 3.29. The first-order chi connectivity index (χ1) is 12.2. The third-order valence-corrected chi connectivity index (χ3v) is 5.52. The van der Waals surface area contributed by atoms with E-state index in [4.69, 9.17) is 0 Å². The minimum Gasteiger partial charge on any atom is -0.349 e. The number of aromatic nitrogens is 4. The summed E-state index contributed by atoms with van der Waals surface area (Å²) in [4.78, 5) is 30.9. The molecule has 0 radical (unpaired) electrons. The Bertz CT molecular complexity index is 746. The number of carbonyl (C=O) groups excluding carboxylic acids is 1. The maximum absolute atomic E-state index is 12.5. The summed E-state index contributed by atoms with van der Waals surface area (Å²) in [6, 6.07) is 2.21. The van der Waals surface area contributed by atoms with Gasteiger partial charge in [-0.05, 0) is 45.1 Å². The molecule has 2 atom stereocenters. The van der Waals surface area contributed by atoms with Crippen LogP contribution in [-0.2, 0) is 11.2 Å². The molecule has 2 unspecified atom stereocenters. The van der Waals surface area contributed by atoms with Crippen LogP contribution in [0.15, 0.2) is 24.8 Å². The van der Waals surface area contributed by atoms with Gasteiger partial charge in [-0.15, -0.1) is 0 Å². The summed E-state index contributed by atoms with van der Waals surface area (Å²) in [6.07, 6.45) is 10.6. The van der Waals surface area contributed by atoms with Crippen LogP contribution in [0.5, 0.6) is 0 Å². The van der Waals surface area contributed by atoms with Gasteiger partial charge in [-0.3, -0.25) is 4.79 Å². The molecule has 0 bridgehead atoms. The molecule has 2 aromatic rings. The second kappa shape index (κ2) is 6.46. The first kappa shape index (κ1) is 16.1. The Balaban J connectivity index is 1.44. The summed E-state index contributed by atoms with van der Waals surface area (Å²) in [5, 5.41) is 3.36. The van der Waals surface area contributed by atoms with Crippen LogP contribution in [0.25, 0.3) is 0 Å². The molecule has 2 fully saturated rings. The number of nitrogens with zero attached hydrogens (tertiary/aromatic N) is 4. The van der Waals surface area contributed by atoms with E-state index in [-0.39, 0.29) is 11.4 Å². The summed E-state index contributed by atoms with van der Waals surface area (Å²) in [5.74, 6) is 0.911. The standard InChI is InChI=1S/C18H24N6O/c1-13-6-9-20-17(22-13)24-10-8-18(7-2-3-15(18)24)23-16(25)5-4-14-11-19-12-21-14/h6,9,11-12,15H,2-5,7-8,10H2,1H3,(H,19,21)(H,23,25). The van der Waals surface area contributed by atoms with E-state index in [2.05, 4.69) is 30.2 Å². The number of carbonyl (C=O) groups is 1. The second-order valence-electron chi connectivity index (χ2n) is 7.13. The van der Waals surface area contributed by atoms with Crippen molar-refractivity contribution in [2.45, 2.75) is 57.0 Å². The third-order valence-electron chi connectivity index (χ3n) is 5.52. The molecule has 7 nitrogen and oxygen atoms in total. The number of rotatable bonds is 5. The van der Waals surface area contributed by atoms with Gasteiger partial charge in [-0.2, -0.15) is 0 Å². The van der Waals surface area contributed by atoms with Gasteiger partial charge >= 0.3 is 0 Å². The summed E-state index contributed by atoms with van der Waals surface area (Å²) >= 11 is 0. The Kier molecular flexibility index (Phi) is 4.15. The molecule has 1 aliphatic heterocycles. The van der Waals surface area contributed by atoms with E-state index in [9.17, 15) is 4.79 Å². The van der Waals surface area contributed by atoms with Gasteiger partial charge in [0.15, 0.2) is 0 Å². The number of H-pyrrole nitrogens is 1. The Hall–Kier alpha value is -2.44. The topological polar surface area (TPSA) is 86.8 Å². The lowest BCUT2D eigenvalue weighted by molar-refractivity contribution is -0.123. The number of hydrogen-bond donors (Lipinski definition) is 2. The molecule has 2 aromatic heterocycles. The predicted octanol–water partition coefficient (Wildman–Crippen LogP) is 1.76. The molecule has 1 aliphatic carbocycles. The highest BCUT2D eigenvalue weighted by atomic mass is 16.1. The van der Waals surface area contributed by atoms with Gasteiger partial charge in [0.1, 0.15) is 0 Å². The van der Waals surface area contributed by atoms with Gasteiger partial charge < -0.3 is 15.2 Å². The van der Waals surface area contributed by atoms with E-state index in [1.807, 2.05) is 19.2 Å². The minimum absolute atomic E-state index is 0.119. The summed E-state index contributed by atoms with van der Waals surface area (Å²) in [5.41, 5.74) is 1.85. The largest absolute Gasteiger partial charge is 0.349 e. The van der Waals surface area contributed by atoms with Crippen LogP contribution >= 0.6 is 0 Å². The van der Waals surface area contributed by atoms with Crippen LogP contribution < -0.4 is 10.2 Å². The van der Waals surface area contributed by atoms with Crippen LogP contribution in [-0.4, -0.2) is 44.0 Å². The number of nitrogens with one attached hydrogen (secondary N) is 2. The fourth-order valence-electron chi connectivity index (χ4n) is 4.31. The van der Waals surface area contributed by atoms with Crippen molar-refractivity contribution < 1.29 is 4.79 Å². The third kappa shape index (κ3) is 3.10. The lowest BCUT2D eigenvalue weighted by Crippen LogP contribution is -2.53. The Labute approximate surface area is 147 Å². The molecule has 0 spiro atoms. The fraction of sp³-hybridized carbons (Fsp3) is 0.556. The van der Waals surface area contributed by atoms with E-state index in [1.54, 1.807) is 12.5 Å². The number of aromatic amines is 1. The Morgan fingerprint density at radius 3 is 3.20 bits per heavy atom. The number of anilines is 1. The molecule has 0 aromatic carbocycles. The van der Waals surface area contributed by atoms with Gasteiger partial charge in [-0.25, -0.2) is 15.0 Å². The lowest BCUT2D eigenvalue weighted by Gasteiger charge is -2.33. The number of aryl methyl sites for hydroxylation is 2. The zero-order valence-corrected chi connectivity index (χ0v) is 14.5. The van der Waals surface area contributed by atoms with Crippen molar-refractivity contribution in [3.8, 4) is 0 Å². The van der Waals surface area contributed by atoms with Gasteiger partial charge in [-0.1, -0.05) is 0 Å². The second-order valence-corrected chi connectivity index (χ2v) is 7.13. The molecule has 25 heavy (non-hydrogen) atoms. The zero-order valence-electron chi connectivity index (χ0n) is 14.5. The molecule has 3 heterocycles. The van der Waals surface area contributed by atoms with Crippen LogP contribution in [0.2, 0.25) is 0 Å². The monoisotopic (exact) mass is 340 g/mol. The summed E-state index contributed by atoms with van der Waals surface area (Å²) < 4.78 is 0. The van der Waals surface area contributed by atoms with E-state index >= 15 is 0 Å². The number of fused-ring (bicyclic) bond motifs is 1. The average molecular weight is 340 g/mol. The highest BCUT2D eigenvalue weighted by Gasteiger charge is 2.51. The molecule has 1 amide bonds. The van der Waals surface area contributed by atoms with Gasteiger partial charge in [0.05, 0.1) is 17.9 Å². The summed E-state index contributed by atoms with van der Waals surface area (Å²) in [7, 11) is 0. The van der Waals surface area contributed by atoms with Gasteiger partial charge in [0, 0.05) is 36.7 Å². The molecule has 7 heteroatoms. The molecule has 1 saturated carbocycles. The van der Waals surface area contributed by atoms with Crippen LogP contribution in [0.1, 0.15) is 43.5 Å². The van der Waals surface area contributed by atoms with Crippen LogP contribution in [0, 0.1) is 6.92 Å². The zero-order chi connectivity index (χ0) is 17.3. The van der Waals surface area contributed by atoms with E-state index in [1.165, 1.54) is 0 Å². The number of amides is 1. The maximum Gasteiger partial charge on any atom is 0.225 e. The highest BCUT2D eigenvalue weighted by molar-refractivity contribution is 5.77. The van der Waals surface area contributed by atoms with E-state index < -0.39 is 0 Å². The van der Waals surface area contributed by atoms with Gasteiger partial charge in [0.25, 0.3) is 0 Å². The molecule has 2 N–H and O–H groups in total. The molecular formula is C18H24N6O. The Morgan fingerprint density at radius 2 is 2.40 bits per heavy atom. The maximum atomic E-state index is 12.5. The van der Waals surface area contributed by atoms with E-state index in [0.29, 0.717) is 18.9 Å². The quantitative estimate of drug-likeness (QED) is 0.866. The molecule has 2 aliphatic rings. The highest BCUT2D eigenvalue weighted by Crippen LogP contribution is 2.42. The number of hydrogen-bond acceptors (Lipinski definition) is 5. The van der Waals surface area contributed by atoms with Crippen molar-refractivity contribution in [2.75, 3.05) is 11.4 Å². The SMILES string of the molecule is Cc1ccnc(N2CCC3(NC(=O)CCc4cnc[nH]4)CCCC23)n1. The van der Waals surface area contributed by atoms with Crippen molar-refractivity contribution in [3.05, 3.63) is 36.2 Å². The van der Waals surface area contributed by atoms with Crippen molar-refractivity contribution in [2.24, 2.45) is 0 Å². The van der Waals surface area contributed by atoms with Crippen molar-refractivity contribution >= 4 is 11.9 Å². The van der Waals surface area contributed by atoms with Gasteiger partial charge in [0.2, 0.25) is 11.9 Å². The molecule has 132 valence electrons. The van der Waals surface area contributed by atoms with E-state index in [0.717, 1.165) is 49.6 Å². The van der Waals surface area contributed by atoms with Crippen molar-refractivity contribution in [1.29, 1.82) is 0 Å². The van der Waals surface area contributed by atoms with Crippen LogP contribution in [0.3, 0.4) is 0 Å². The Morgan fingerprint density at radius 1 is 1.48 bits per heavy atom. The summed E-state index contributed by atoms with van der Waals surface area (Å²) in [6.45, 7) is 2.88. The predicted molar refractivity (Wildman–Crippen MR) is 94.2 cm³/mol. The minimum atomic E-state index is -0.127. The van der Waals surface area contributed by atoms with Crippen LogP contribution in [0.4, 0.5) is 5.95 Å². The van der Waals surface area contributed by atoms with Crippen molar-refractivity contribution in [1.82, 2.24) is 25.3 Å². The number of imidazole rings is 1. The smallest absolute Gasteiger partial charge is 0.225 e. The molecule has 4 rings (SSSR count). The first-order valence-electron chi connectivity index (χ1n) is 9.01. The lowest BCUT2D eigenvalue weighted by atomic mass is 9.92.